The third-order valence-electron chi connectivity index (χ3n) is 9.53. The largest absolute Gasteiger partial charge is 0.476 e. The van der Waals surface area contributed by atoms with Gasteiger partial charge in [0.25, 0.3) is 5.91 Å². The van der Waals surface area contributed by atoms with Crippen LogP contribution in [0.2, 0.25) is 0 Å². The van der Waals surface area contributed by atoms with Gasteiger partial charge in [-0.1, -0.05) is 45.3 Å². The highest BCUT2D eigenvalue weighted by Gasteiger charge is 2.42. The molecule has 2 atom stereocenters. The average molecular weight is 565 g/mol. The molecule has 1 aromatic carbocycles. The lowest BCUT2D eigenvalue weighted by Gasteiger charge is -2.41. The highest BCUT2D eigenvalue weighted by atomic mass is 16.5. The molecule has 0 unspecified atom stereocenters. The van der Waals surface area contributed by atoms with Crippen LogP contribution in [0.3, 0.4) is 0 Å². The van der Waals surface area contributed by atoms with Gasteiger partial charge in [0.15, 0.2) is 5.60 Å². The Balaban J connectivity index is 1.27. The summed E-state index contributed by atoms with van der Waals surface area (Å²) in [6, 6.07) is 6.76. The number of anilines is 2. The lowest BCUT2D eigenvalue weighted by atomic mass is 9.85. The summed E-state index contributed by atoms with van der Waals surface area (Å²) in [6.45, 7) is 17.0. The number of fused-ring (bicyclic) bond motifs is 1. The highest BCUT2D eigenvalue weighted by Crippen LogP contribution is 2.44. The Kier molecular flexibility index (Phi) is 9.65. The molecule has 3 fully saturated rings. The van der Waals surface area contributed by atoms with Gasteiger partial charge in [-0.15, -0.1) is 0 Å². The van der Waals surface area contributed by atoms with Crippen molar-refractivity contribution in [2.24, 2.45) is 17.8 Å². The molecule has 2 heterocycles. The van der Waals surface area contributed by atoms with E-state index in [0.29, 0.717) is 31.0 Å². The number of piperidine rings is 1. The van der Waals surface area contributed by atoms with E-state index in [4.69, 9.17) is 9.47 Å². The van der Waals surface area contributed by atoms with Gasteiger partial charge in [-0.3, -0.25) is 4.79 Å². The van der Waals surface area contributed by atoms with E-state index >= 15 is 0 Å². The molecule has 0 aromatic heterocycles. The molecular formula is C34H52N4O3. The van der Waals surface area contributed by atoms with Crippen molar-refractivity contribution in [1.29, 1.82) is 0 Å². The monoisotopic (exact) mass is 564 g/mol. The Bertz CT molecular complexity index is 1090. The number of carbonyl (C=O) groups is 1. The Morgan fingerprint density at radius 3 is 2.63 bits per heavy atom. The predicted octanol–water partition coefficient (Wildman–Crippen LogP) is 6.01. The SMILES string of the molecule is C=C(NCCC1CCCCC1)[C@@H]1CNC[C@H](C(=C)N(c2ccc3c(c2)N(CCCOC)C(=O)C(C)(C)O3)C2CC2)C1. The zero-order valence-corrected chi connectivity index (χ0v) is 25.7. The van der Waals surface area contributed by atoms with E-state index in [2.05, 4.69) is 40.8 Å². The number of nitrogens with one attached hydrogen (secondary N) is 2. The van der Waals surface area contributed by atoms with Crippen molar-refractivity contribution in [3.8, 4) is 5.75 Å². The Hall–Kier alpha value is -2.51. The molecule has 1 saturated heterocycles. The minimum absolute atomic E-state index is 0.0103. The molecule has 2 aliphatic carbocycles. The van der Waals surface area contributed by atoms with E-state index < -0.39 is 5.60 Å². The summed E-state index contributed by atoms with van der Waals surface area (Å²) in [7, 11) is 1.70. The van der Waals surface area contributed by atoms with Crippen LogP contribution in [0.1, 0.15) is 78.1 Å². The molecule has 0 spiro atoms. The molecule has 7 nitrogen and oxygen atoms in total. The molecule has 41 heavy (non-hydrogen) atoms. The smallest absolute Gasteiger partial charge is 0.270 e. The van der Waals surface area contributed by atoms with Crippen molar-refractivity contribution in [1.82, 2.24) is 10.6 Å². The molecule has 5 rings (SSSR count). The first-order valence-electron chi connectivity index (χ1n) is 16.0. The van der Waals surface area contributed by atoms with Crippen molar-refractivity contribution in [3.05, 3.63) is 42.8 Å². The quantitative estimate of drug-likeness (QED) is 0.286. The fraction of sp³-hybridized carbons (Fsp3) is 0.676. The summed E-state index contributed by atoms with van der Waals surface area (Å²) < 4.78 is 11.5. The summed E-state index contributed by atoms with van der Waals surface area (Å²) in [4.78, 5) is 17.7. The van der Waals surface area contributed by atoms with Crippen LogP contribution in [-0.2, 0) is 9.53 Å². The van der Waals surface area contributed by atoms with E-state index in [1.807, 2.05) is 24.8 Å². The van der Waals surface area contributed by atoms with Crippen LogP contribution < -0.4 is 25.2 Å². The van der Waals surface area contributed by atoms with Gasteiger partial charge in [0.1, 0.15) is 5.75 Å². The van der Waals surface area contributed by atoms with Gasteiger partial charge < -0.3 is 29.9 Å². The molecule has 4 aliphatic rings. The number of methoxy groups -OCH3 is 1. The van der Waals surface area contributed by atoms with Crippen LogP contribution >= 0.6 is 0 Å². The maximum Gasteiger partial charge on any atom is 0.270 e. The van der Waals surface area contributed by atoms with Crippen LogP contribution in [0.4, 0.5) is 11.4 Å². The first-order chi connectivity index (χ1) is 19.8. The minimum atomic E-state index is -0.892. The molecule has 0 bridgehead atoms. The van der Waals surface area contributed by atoms with E-state index in [1.165, 1.54) is 44.2 Å². The van der Waals surface area contributed by atoms with Crippen molar-refractivity contribution >= 4 is 17.3 Å². The summed E-state index contributed by atoms with van der Waals surface area (Å²) in [6.07, 6.45) is 12.4. The average Bonchev–Trinajstić information content (AvgIpc) is 3.81. The van der Waals surface area contributed by atoms with Gasteiger partial charge in [0, 0.05) is 74.9 Å². The molecule has 2 aliphatic heterocycles. The maximum atomic E-state index is 13.4. The molecule has 1 amide bonds. The van der Waals surface area contributed by atoms with Crippen LogP contribution in [0.25, 0.3) is 0 Å². The summed E-state index contributed by atoms with van der Waals surface area (Å²) in [5.74, 6) is 2.35. The van der Waals surface area contributed by atoms with Gasteiger partial charge >= 0.3 is 0 Å². The maximum absolute atomic E-state index is 13.4. The fourth-order valence-electron chi connectivity index (χ4n) is 6.95. The van der Waals surface area contributed by atoms with Crippen LogP contribution in [0.5, 0.6) is 5.75 Å². The van der Waals surface area contributed by atoms with E-state index in [9.17, 15) is 4.79 Å². The number of ether oxygens (including phenoxy) is 2. The lowest BCUT2D eigenvalue weighted by molar-refractivity contribution is -0.132. The minimum Gasteiger partial charge on any atom is -0.476 e. The van der Waals surface area contributed by atoms with Crippen LogP contribution in [0.15, 0.2) is 42.8 Å². The zero-order chi connectivity index (χ0) is 29.0. The first kappa shape index (κ1) is 30.0. The van der Waals surface area contributed by atoms with Gasteiger partial charge in [-0.25, -0.2) is 0 Å². The number of benzene rings is 1. The zero-order valence-electron chi connectivity index (χ0n) is 25.7. The molecule has 226 valence electrons. The Labute approximate surface area is 247 Å². The van der Waals surface area contributed by atoms with Crippen molar-refractivity contribution in [2.75, 3.05) is 49.7 Å². The van der Waals surface area contributed by atoms with Crippen molar-refractivity contribution in [2.45, 2.75) is 89.7 Å². The highest BCUT2D eigenvalue weighted by molar-refractivity contribution is 6.02. The van der Waals surface area contributed by atoms with Crippen LogP contribution in [-0.4, -0.2) is 57.4 Å². The first-order valence-corrected chi connectivity index (χ1v) is 16.0. The molecule has 0 radical (unpaired) electrons. The van der Waals surface area contributed by atoms with Crippen LogP contribution in [0, 0.1) is 17.8 Å². The number of rotatable bonds is 13. The number of hydrogen-bond acceptors (Lipinski definition) is 6. The van der Waals surface area contributed by atoms with E-state index in [0.717, 1.165) is 74.1 Å². The Morgan fingerprint density at radius 1 is 1.15 bits per heavy atom. The number of hydrogen-bond donors (Lipinski definition) is 2. The summed E-state index contributed by atoms with van der Waals surface area (Å²) in [5.41, 5.74) is 3.38. The van der Waals surface area contributed by atoms with Gasteiger partial charge in [-0.05, 0) is 70.1 Å². The predicted molar refractivity (Wildman–Crippen MR) is 167 cm³/mol. The van der Waals surface area contributed by atoms with E-state index in [-0.39, 0.29) is 5.91 Å². The molecular weight excluding hydrogens is 512 g/mol. The third-order valence-corrected chi connectivity index (χ3v) is 9.53. The van der Waals surface area contributed by atoms with Gasteiger partial charge in [0.2, 0.25) is 0 Å². The second-order valence-corrected chi connectivity index (χ2v) is 13.2. The number of carbonyl (C=O) groups excluding carboxylic acids is 1. The number of nitrogens with zero attached hydrogens (tertiary/aromatic N) is 2. The lowest BCUT2D eigenvalue weighted by Crippen LogP contribution is -2.53. The molecule has 1 aromatic rings. The standard InChI is InChI=1S/C34H52N4O3/c1-24(36-17-16-26-10-7-6-8-11-26)27-20-28(23-35-22-27)25(2)38(29-12-13-29)30-14-15-32-31(21-30)37(18-9-19-40-5)33(39)34(3,4)41-32/h14-15,21,26-29,35-36H,1-2,6-13,16-20,22-23H2,3-5H3/t27-,28+/m0/s1. The second-order valence-electron chi connectivity index (χ2n) is 13.2. The Morgan fingerprint density at radius 2 is 1.90 bits per heavy atom. The van der Waals surface area contributed by atoms with Crippen molar-refractivity contribution in [3.63, 3.8) is 0 Å². The fourth-order valence-corrected chi connectivity index (χ4v) is 6.95. The molecule has 2 saturated carbocycles. The summed E-state index contributed by atoms with van der Waals surface area (Å²) >= 11 is 0. The molecule has 7 heteroatoms. The van der Waals surface area contributed by atoms with Crippen molar-refractivity contribution < 1.29 is 14.3 Å². The number of amides is 1. The topological polar surface area (TPSA) is 66.1 Å². The third kappa shape index (κ3) is 7.11. The van der Waals surface area contributed by atoms with E-state index in [1.54, 1.807) is 7.11 Å². The molecule has 2 N–H and O–H groups in total. The second kappa shape index (κ2) is 13.2. The van der Waals surface area contributed by atoms with Gasteiger partial charge in [-0.2, -0.15) is 0 Å². The summed E-state index contributed by atoms with van der Waals surface area (Å²) in [5, 5.41) is 7.37. The normalized spacial score (nSPS) is 24.4. The van der Waals surface area contributed by atoms with Gasteiger partial charge in [0.05, 0.1) is 5.69 Å².